The van der Waals surface area contributed by atoms with E-state index in [0.717, 1.165) is 11.4 Å². The Kier molecular flexibility index (Phi) is 6.36. The molecule has 0 bridgehead atoms. The van der Waals surface area contributed by atoms with Crippen molar-refractivity contribution in [2.75, 3.05) is 5.32 Å². The van der Waals surface area contributed by atoms with Crippen LogP contribution in [-0.2, 0) is 17.3 Å². The van der Waals surface area contributed by atoms with Gasteiger partial charge in [-0.2, -0.15) is 5.10 Å². The molecular formula is C22H30N6OS. The van der Waals surface area contributed by atoms with Gasteiger partial charge in [-0.1, -0.05) is 56.8 Å². The van der Waals surface area contributed by atoms with E-state index < -0.39 is 0 Å². The average Bonchev–Trinajstić information content (AvgIpc) is 3.28. The van der Waals surface area contributed by atoms with Crippen molar-refractivity contribution in [3.8, 4) is 11.4 Å². The summed E-state index contributed by atoms with van der Waals surface area (Å²) >= 11 is 1.38. The van der Waals surface area contributed by atoms with Crippen molar-refractivity contribution in [1.29, 1.82) is 0 Å². The molecule has 2 heterocycles. The van der Waals surface area contributed by atoms with Crippen molar-refractivity contribution in [3.63, 3.8) is 0 Å². The van der Waals surface area contributed by atoms with Gasteiger partial charge in [0.25, 0.3) is 0 Å². The summed E-state index contributed by atoms with van der Waals surface area (Å²) in [6.07, 6.45) is 1.69. The Labute approximate surface area is 182 Å². The molecule has 0 aliphatic carbocycles. The number of carbonyl (C=O) groups excluding carboxylic acids is 1. The van der Waals surface area contributed by atoms with Crippen molar-refractivity contribution < 1.29 is 4.79 Å². The molecule has 160 valence electrons. The van der Waals surface area contributed by atoms with Crippen LogP contribution in [0.1, 0.15) is 53.1 Å². The molecule has 7 nitrogen and oxygen atoms in total. The monoisotopic (exact) mass is 426 g/mol. The predicted molar refractivity (Wildman–Crippen MR) is 122 cm³/mol. The molecule has 0 spiro atoms. The number of aromatic nitrogens is 5. The molecule has 8 heteroatoms. The molecule has 1 aromatic carbocycles. The van der Waals surface area contributed by atoms with Crippen molar-refractivity contribution in [2.45, 2.75) is 63.4 Å². The molecule has 2 aromatic heterocycles. The van der Waals surface area contributed by atoms with E-state index in [1.807, 2.05) is 32.4 Å². The van der Waals surface area contributed by atoms with Crippen LogP contribution in [0.2, 0.25) is 0 Å². The van der Waals surface area contributed by atoms with Gasteiger partial charge >= 0.3 is 0 Å². The molecule has 1 amide bonds. The first kappa shape index (κ1) is 22.1. The number of carbonyl (C=O) groups is 1. The summed E-state index contributed by atoms with van der Waals surface area (Å²) in [6.45, 7) is 12.5. The van der Waals surface area contributed by atoms with Crippen LogP contribution in [0.3, 0.4) is 0 Å². The van der Waals surface area contributed by atoms with Crippen molar-refractivity contribution >= 4 is 23.5 Å². The SMILES string of the molecule is CC(C)n1nccc1NC(=O)[C@@H](C)Sc1nnc(-c2ccc(C(C)(C)C)cc2)n1C. The second-order valence-corrected chi connectivity index (χ2v) is 10.0. The number of nitrogens with one attached hydrogen (secondary N) is 1. The minimum atomic E-state index is -0.334. The number of hydrogen-bond donors (Lipinski definition) is 1. The van der Waals surface area contributed by atoms with Crippen molar-refractivity contribution in [1.82, 2.24) is 24.5 Å². The summed E-state index contributed by atoms with van der Waals surface area (Å²) in [6, 6.07) is 10.4. The zero-order valence-corrected chi connectivity index (χ0v) is 19.5. The second kappa shape index (κ2) is 8.63. The van der Waals surface area contributed by atoms with Crippen LogP contribution in [-0.4, -0.2) is 35.7 Å². The maximum absolute atomic E-state index is 12.7. The summed E-state index contributed by atoms with van der Waals surface area (Å²) < 4.78 is 3.72. The minimum absolute atomic E-state index is 0.0959. The van der Waals surface area contributed by atoms with Gasteiger partial charge in [0.05, 0.1) is 11.4 Å². The summed E-state index contributed by atoms with van der Waals surface area (Å²) in [5.41, 5.74) is 2.38. The van der Waals surface area contributed by atoms with E-state index >= 15 is 0 Å². The van der Waals surface area contributed by atoms with Crippen LogP contribution < -0.4 is 5.32 Å². The van der Waals surface area contributed by atoms with Crippen molar-refractivity contribution in [2.24, 2.45) is 7.05 Å². The topological polar surface area (TPSA) is 77.6 Å². The largest absolute Gasteiger partial charge is 0.310 e. The lowest BCUT2D eigenvalue weighted by Crippen LogP contribution is -2.25. The molecule has 0 fully saturated rings. The molecule has 0 aliphatic rings. The van der Waals surface area contributed by atoms with E-state index in [4.69, 9.17) is 0 Å². The van der Waals surface area contributed by atoms with Crippen LogP contribution in [0.15, 0.2) is 41.7 Å². The molecule has 3 aromatic rings. The molecule has 1 N–H and O–H groups in total. The van der Waals surface area contributed by atoms with E-state index in [-0.39, 0.29) is 22.6 Å². The van der Waals surface area contributed by atoms with E-state index in [1.165, 1.54) is 17.3 Å². The van der Waals surface area contributed by atoms with Crippen LogP contribution >= 0.6 is 11.8 Å². The summed E-state index contributed by atoms with van der Waals surface area (Å²) in [5.74, 6) is 1.38. The molecule has 3 rings (SSSR count). The van der Waals surface area contributed by atoms with Gasteiger partial charge in [0, 0.05) is 24.7 Å². The Bertz CT molecular complexity index is 1010. The molecular weight excluding hydrogens is 396 g/mol. The summed E-state index contributed by atoms with van der Waals surface area (Å²) in [7, 11) is 1.92. The van der Waals surface area contributed by atoms with E-state index in [0.29, 0.717) is 11.0 Å². The van der Waals surface area contributed by atoms with Gasteiger partial charge in [-0.3, -0.25) is 4.79 Å². The smallest absolute Gasteiger partial charge is 0.238 e. The van der Waals surface area contributed by atoms with Crippen LogP contribution in [0.5, 0.6) is 0 Å². The van der Waals surface area contributed by atoms with Gasteiger partial charge in [-0.05, 0) is 31.7 Å². The second-order valence-electron chi connectivity index (χ2n) is 8.70. The van der Waals surface area contributed by atoms with E-state index in [1.54, 1.807) is 16.9 Å². The Hall–Kier alpha value is -2.61. The first-order valence-electron chi connectivity index (χ1n) is 10.1. The molecule has 0 aliphatic heterocycles. The molecule has 0 unspecified atom stereocenters. The highest BCUT2D eigenvalue weighted by Crippen LogP contribution is 2.28. The quantitative estimate of drug-likeness (QED) is 0.579. The molecule has 0 saturated heterocycles. The number of anilines is 1. The zero-order chi connectivity index (χ0) is 22.1. The lowest BCUT2D eigenvalue weighted by Gasteiger charge is -2.19. The van der Waals surface area contributed by atoms with Gasteiger partial charge < -0.3 is 9.88 Å². The Morgan fingerprint density at radius 3 is 2.33 bits per heavy atom. The fourth-order valence-electron chi connectivity index (χ4n) is 3.05. The third-order valence-corrected chi connectivity index (χ3v) is 6.04. The highest BCUT2D eigenvalue weighted by atomic mass is 32.2. The minimum Gasteiger partial charge on any atom is -0.310 e. The molecule has 1 atom stereocenters. The van der Waals surface area contributed by atoms with Crippen LogP contribution in [0.25, 0.3) is 11.4 Å². The first-order chi connectivity index (χ1) is 14.1. The first-order valence-corrected chi connectivity index (χ1v) is 11.0. The number of nitrogens with zero attached hydrogens (tertiary/aromatic N) is 5. The fraction of sp³-hybridized carbons (Fsp3) is 0.455. The van der Waals surface area contributed by atoms with Gasteiger partial charge in [-0.15, -0.1) is 10.2 Å². The normalized spacial score (nSPS) is 12.9. The van der Waals surface area contributed by atoms with Gasteiger partial charge in [0.2, 0.25) is 5.91 Å². The Balaban J connectivity index is 1.71. The molecule has 0 radical (unpaired) electrons. The Morgan fingerprint density at radius 2 is 1.73 bits per heavy atom. The average molecular weight is 427 g/mol. The lowest BCUT2D eigenvalue weighted by molar-refractivity contribution is -0.115. The maximum atomic E-state index is 12.7. The number of amides is 1. The highest BCUT2D eigenvalue weighted by molar-refractivity contribution is 8.00. The zero-order valence-electron chi connectivity index (χ0n) is 18.7. The predicted octanol–water partition coefficient (Wildman–Crippen LogP) is 4.68. The van der Waals surface area contributed by atoms with Crippen LogP contribution in [0.4, 0.5) is 5.82 Å². The third-order valence-electron chi connectivity index (χ3n) is 4.91. The summed E-state index contributed by atoms with van der Waals surface area (Å²) in [5, 5.41) is 16.2. The number of thioether (sulfide) groups is 1. The molecule has 0 saturated carbocycles. The Morgan fingerprint density at radius 1 is 1.07 bits per heavy atom. The van der Waals surface area contributed by atoms with Gasteiger partial charge in [0.1, 0.15) is 5.82 Å². The van der Waals surface area contributed by atoms with E-state index in [2.05, 4.69) is 65.6 Å². The number of rotatable bonds is 6. The third kappa shape index (κ3) is 4.75. The van der Waals surface area contributed by atoms with E-state index in [9.17, 15) is 4.79 Å². The highest BCUT2D eigenvalue weighted by Gasteiger charge is 2.21. The van der Waals surface area contributed by atoms with Gasteiger partial charge in [-0.25, -0.2) is 4.68 Å². The number of hydrogen-bond acceptors (Lipinski definition) is 5. The van der Waals surface area contributed by atoms with Crippen LogP contribution in [0, 0.1) is 0 Å². The van der Waals surface area contributed by atoms with Crippen molar-refractivity contribution in [3.05, 3.63) is 42.1 Å². The maximum Gasteiger partial charge on any atom is 0.238 e. The standard InChI is InChI=1S/C22H30N6OS/c1-14(2)28-18(12-13-23-28)24-20(29)15(3)30-21-26-25-19(27(21)7)16-8-10-17(11-9-16)22(4,5)6/h8-15H,1-7H3,(H,24,29)/t15-/m1/s1. The number of benzene rings is 1. The van der Waals surface area contributed by atoms with Gasteiger partial charge in [0.15, 0.2) is 11.0 Å². The summed E-state index contributed by atoms with van der Waals surface area (Å²) in [4.78, 5) is 12.7. The lowest BCUT2D eigenvalue weighted by atomic mass is 9.87. The molecule has 30 heavy (non-hydrogen) atoms. The fourth-order valence-corrected chi connectivity index (χ4v) is 3.87.